The summed E-state index contributed by atoms with van der Waals surface area (Å²) in [5.74, 6) is 0.419. The van der Waals surface area contributed by atoms with Crippen molar-refractivity contribution in [3.05, 3.63) is 17.8 Å². The van der Waals surface area contributed by atoms with E-state index in [1.54, 1.807) is 12.1 Å². The summed E-state index contributed by atoms with van der Waals surface area (Å²) in [5.41, 5.74) is 5.73. The highest BCUT2D eigenvalue weighted by Crippen LogP contribution is 2.16. The molecule has 1 unspecified atom stereocenters. The van der Waals surface area contributed by atoms with E-state index in [-0.39, 0.29) is 12.1 Å². The van der Waals surface area contributed by atoms with Crippen LogP contribution in [0.5, 0.6) is 11.9 Å². The van der Waals surface area contributed by atoms with Gasteiger partial charge >= 0.3 is 12.1 Å². The zero-order valence-corrected chi connectivity index (χ0v) is 13.2. The number of methoxy groups -OCH3 is 2. The molecule has 7 heteroatoms. The van der Waals surface area contributed by atoms with Crippen molar-refractivity contribution in [3.63, 3.8) is 0 Å². The van der Waals surface area contributed by atoms with E-state index >= 15 is 0 Å². The zero-order valence-electron chi connectivity index (χ0n) is 13.2. The van der Waals surface area contributed by atoms with E-state index in [0.29, 0.717) is 18.0 Å². The summed E-state index contributed by atoms with van der Waals surface area (Å²) in [6, 6.07) is 1.92. The molecule has 1 rings (SSSR count). The second-order valence-corrected chi connectivity index (χ2v) is 4.66. The molecule has 2 N–H and O–H groups in total. The van der Waals surface area contributed by atoms with Crippen LogP contribution in [-0.2, 0) is 4.74 Å². The van der Waals surface area contributed by atoms with Crippen molar-refractivity contribution in [3.8, 4) is 11.9 Å². The van der Waals surface area contributed by atoms with Gasteiger partial charge in [0.2, 0.25) is 5.88 Å². The lowest BCUT2D eigenvalue weighted by Crippen LogP contribution is -2.22. The Kier molecular flexibility index (Phi) is 7.74. The second kappa shape index (κ2) is 9.59. The molecule has 0 aliphatic heterocycles. The van der Waals surface area contributed by atoms with Crippen molar-refractivity contribution in [2.24, 2.45) is 5.73 Å². The van der Waals surface area contributed by atoms with Gasteiger partial charge in [0, 0.05) is 12.5 Å². The minimum Gasteiger partial charge on any atom is -0.481 e. The van der Waals surface area contributed by atoms with Gasteiger partial charge in [-0.1, -0.05) is 25.8 Å². The maximum atomic E-state index is 10.9. The summed E-state index contributed by atoms with van der Waals surface area (Å²) in [4.78, 5) is 19.1. The molecule has 0 saturated carbocycles. The molecule has 1 heterocycles. The fourth-order valence-corrected chi connectivity index (χ4v) is 1.86. The van der Waals surface area contributed by atoms with Crippen LogP contribution in [0.1, 0.15) is 38.3 Å². The van der Waals surface area contributed by atoms with Gasteiger partial charge in [-0.05, 0) is 12.5 Å². The van der Waals surface area contributed by atoms with Gasteiger partial charge in [-0.15, -0.1) is 0 Å². The van der Waals surface area contributed by atoms with Crippen molar-refractivity contribution < 1.29 is 19.0 Å². The van der Waals surface area contributed by atoms with Gasteiger partial charge in [0.15, 0.2) is 0 Å². The van der Waals surface area contributed by atoms with E-state index in [1.165, 1.54) is 14.2 Å². The SMILES string of the molecule is CCCCC(C/C=C\c1cc(OC)nc(OC)n1)OC(N)=O. The maximum absolute atomic E-state index is 10.9. The van der Waals surface area contributed by atoms with Crippen LogP contribution in [0.25, 0.3) is 6.08 Å². The number of unbranched alkanes of at least 4 members (excludes halogenated alkanes) is 1. The van der Waals surface area contributed by atoms with E-state index in [0.717, 1.165) is 19.3 Å². The van der Waals surface area contributed by atoms with Gasteiger partial charge < -0.3 is 19.9 Å². The fourth-order valence-electron chi connectivity index (χ4n) is 1.86. The van der Waals surface area contributed by atoms with Gasteiger partial charge in [0.05, 0.1) is 19.9 Å². The predicted octanol–water partition coefficient (Wildman–Crippen LogP) is 2.55. The Hall–Kier alpha value is -2.31. The molecule has 22 heavy (non-hydrogen) atoms. The van der Waals surface area contributed by atoms with Crippen LogP contribution in [0.4, 0.5) is 4.79 Å². The fraction of sp³-hybridized carbons (Fsp3) is 0.533. The topological polar surface area (TPSA) is 96.6 Å². The van der Waals surface area contributed by atoms with E-state index in [4.69, 9.17) is 19.9 Å². The highest BCUT2D eigenvalue weighted by Gasteiger charge is 2.10. The first-order valence-electron chi connectivity index (χ1n) is 7.18. The second-order valence-electron chi connectivity index (χ2n) is 4.66. The molecule has 0 aliphatic carbocycles. The first kappa shape index (κ1) is 17.7. The zero-order chi connectivity index (χ0) is 16.4. The van der Waals surface area contributed by atoms with Gasteiger partial charge in [-0.3, -0.25) is 0 Å². The molecule has 1 atom stereocenters. The number of hydrogen-bond acceptors (Lipinski definition) is 6. The molecule has 0 aromatic carbocycles. The summed E-state index contributed by atoms with van der Waals surface area (Å²) in [7, 11) is 3.01. The average molecular weight is 309 g/mol. The number of rotatable bonds is 9. The first-order chi connectivity index (χ1) is 10.6. The molecule has 7 nitrogen and oxygen atoms in total. The molecule has 1 aromatic rings. The average Bonchev–Trinajstić information content (AvgIpc) is 2.51. The van der Waals surface area contributed by atoms with Crippen LogP contribution in [0.3, 0.4) is 0 Å². The van der Waals surface area contributed by atoms with Crippen LogP contribution >= 0.6 is 0 Å². The Balaban J connectivity index is 2.70. The number of nitrogens with two attached hydrogens (primary N) is 1. The van der Waals surface area contributed by atoms with Crippen molar-refractivity contribution >= 4 is 12.2 Å². The summed E-state index contributed by atoms with van der Waals surface area (Å²) in [6.45, 7) is 2.08. The number of hydrogen-bond donors (Lipinski definition) is 1. The van der Waals surface area contributed by atoms with Gasteiger partial charge in [0.1, 0.15) is 6.10 Å². The summed E-state index contributed by atoms with van der Waals surface area (Å²) in [5, 5.41) is 0. The van der Waals surface area contributed by atoms with E-state index in [9.17, 15) is 4.79 Å². The monoisotopic (exact) mass is 309 g/mol. The predicted molar refractivity (Wildman–Crippen MR) is 82.8 cm³/mol. The van der Waals surface area contributed by atoms with Crippen LogP contribution in [-0.4, -0.2) is 36.4 Å². The molecule has 0 radical (unpaired) electrons. The summed E-state index contributed by atoms with van der Waals surface area (Å²) < 4.78 is 15.2. The Morgan fingerprint density at radius 3 is 2.73 bits per heavy atom. The summed E-state index contributed by atoms with van der Waals surface area (Å²) >= 11 is 0. The third-order valence-corrected chi connectivity index (χ3v) is 2.94. The number of carbonyl (C=O) groups is 1. The van der Waals surface area contributed by atoms with Crippen molar-refractivity contribution in [1.82, 2.24) is 9.97 Å². The highest BCUT2D eigenvalue weighted by atomic mass is 16.6. The Morgan fingerprint density at radius 2 is 2.14 bits per heavy atom. The molecule has 1 aromatic heterocycles. The highest BCUT2D eigenvalue weighted by molar-refractivity contribution is 5.64. The third-order valence-electron chi connectivity index (χ3n) is 2.94. The van der Waals surface area contributed by atoms with Gasteiger partial charge in [-0.25, -0.2) is 4.79 Å². The number of primary amides is 1. The lowest BCUT2D eigenvalue weighted by atomic mass is 10.1. The van der Waals surface area contributed by atoms with Crippen LogP contribution in [0, 0.1) is 0 Å². The van der Waals surface area contributed by atoms with Gasteiger partial charge in [0.25, 0.3) is 0 Å². The lowest BCUT2D eigenvalue weighted by Gasteiger charge is -2.14. The quantitative estimate of drug-likeness (QED) is 0.753. The standard InChI is InChI=1S/C15H23N3O4/c1-4-5-8-12(22-14(16)19)9-6-7-11-10-13(20-2)18-15(17-11)21-3/h6-7,10,12H,4-5,8-9H2,1-3H3,(H2,16,19)/b7-6-. The molecule has 0 saturated heterocycles. The molecule has 0 aliphatic rings. The van der Waals surface area contributed by atoms with E-state index in [2.05, 4.69) is 16.9 Å². The Bertz CT molecular complexity index is 483. The maximum Gasteiger partial charge on any atom is 0.404 e. The minimum absolute atomic E-state index is 0.223. The molecular formula is C15H23N3O4. The number of nitrogens with zero attached hydrogens (tertiary/aromatic N) is 2. The molecule has 1 amide bonds. The van der Waals surface area contributed by atoms with Crippen LogP contribution in [0.15, 0.2) is 12.1 Å². The summed E-state index contributed by atoms with van der Waals surface area (Å²) in [6.07, 6.45) is 6.06. The smallest absolute Gasteiger partial charge is 0.404 e. The van der Waals surface area contributed by atoms with Gasteiger partial charge in [-0.2, -0.15) is 9.97 Å². The number of aromatic nitrogens is 2. The van der Waals surface area contributed by atoms with Crippen LogP contribution < -0.4 is 15.2 Å². The number of carbonyl (C=O) groups excluding carboxylic acids is 1. The molecule has 122 valence electrons. The molecule has 0 fully saturated rings. The van der Waals surface area contributed by atoms with E-state index < -0.39 is 6.09 Å². The lowest BCUT2D eigenvalue weighted by molar-refractivity contribution is 0.101. The van der Waals surface area contributed by atoms with E-state index in [1.807, 2.05) is 6.08 Å². The van der Waals surface area contributed by atoms with Crippen molar-refractivity contribution in [2.45, 2.75) is 38.7 Å². The van der Waals surface area contributed by atoms with Crippen LogP contribution in [0.2, 0.25) is 0 Å². The number of ether oxygens (including phenoxy) is 3. The Morgan fingerprint density at radius 1 is 1.36 bits per heavy atom. The first-order valence-corrected chi connectivity index (χ1v) is 7.18. The molecule has 0 bridgehead atoms. The minimum atomic E-state index is -0.750. The Labute approximate surface area is 130 Å². The largest absolute Gasteiger partial charge is 0.481 e. The molecule has 0 spiro atoms. The third kappa shape index (κ3) is 6.43. The number of amides is 1. The molecular weight excluding hydrogens is 286 g/mol. The van der Waals surface area contributed by atoms with Crippen molar-refractivity contribution in [2.75, 3.05) is 14.2 Å². The normalized spacial score (nSPS) is 12.1. The van der Waals surface area contributed by atoms with Crippen molar-refractivity contribution in [1.29, 1.82) is 0 Å².